The highest BCUT2D eigenvalue weighted by atomic mass is 16.6. The Kier molecular flexibility index (Phi) is 52.8. The van der Waals surface area contributed by atoms with Crippen molar-refractivity contribution < 1.29 is 28.6 Å². The smallest absolute Gasteiger partial charge is 0.306 e. The molecule has 0 radical (unpaired) electrons. The van der Waals surface area contributed by atoms with E-state index in [1.54, 1.807) is 0 Å². The minimum Gasteiger partial charge on any atom is -0.462 e. The Morgan fingerprint density at radius 2 is 0.612 bits per heavy atom. The van der Waals surface area contributed by atoms with Gasteiger partial charge in [-0.2, -0.15) is 0 Å². The number of hydrogen-bond donors (Lipinski definition) is 0. The van der Waals surface area contributed by atoms with Crippen molar-refractivity contribution in [2.75, 3.05) is 13.2 Å². The number of hydrogen-bond acceptors (Lipinski definition) is 6. The summed E-state index contributed by atoms with van der Waals surface area (Å²) >= 11 is 0. The van der Waals surface area contributed by atoms with Crippen molar-refractivity contribution in [3.8, 4) is 0 Å². The second kappa shape index (κ2) is 55.4. The van der Waals surface area contributed by atoms with Crippen molar-refractivity contribution in [1.82, 2.24) is 0 Å². The fourth-order valence-corrected chi connectivity index (χ4v) is 7.96. The van der Waals surface area contributed by atoms with Crippen molar-refractivity contribution in [2.45, 2.75) is 284 Å². The maximum absolute atomic E-state index is 12.8. The van der Waals surface area contributed by atoms with Gasteiger partial charge in [0, 0.05) is 19.3 Å². The van der Waals surface area contributed by atoms with Crippen molar-refractivity contribution in [1.29, 1.82) is 0 Å². The van der Waals surface area contributed by atoms with E-state index in [9.17, 15) is 14.4 Å². The predicted octanol–water partition coefficient (Wildman–Crippen LogP) is 19.0. The van der Waals surface area contributed by atoms with Crippen LogP contribution in [-0.4, -0.2) is 37.2 Å². The number of ether oxygens (including phenoxy) is 3. The monoisotopic (exact) mass is 935 g/mol. The molecule has 0 heterocycles. The molecule has 1 unspecified atom stereocenters. The van der Waals surface area contributed by atoms with Crippen LogP contribution in [-0.2, 0) is 28.6 Å². The Morgan fingerprint density at radius 1 is 0.313 bits per heavy atom. The Hall–Kier alpha value is -3.15. The summed E-state index contributed by atoms with van der Waals surface area (Å²) in [7, 11) is 0. The number of unbranched alkanes of at least 4 members (excludes halogenated alkanes) is 28. The quantitative estimate of drug-likeness (QED) is 0.0262. The maximum atomic E-state index is 12.8. The van der Waals surface area contributed by atoms with Gasteiger partial charge < -0.3 is 14.2 Å². The number of carbonyl (C=O) groups is 3. The Morgan fingerprint density at radius 3 is 0.985 bits per heavy atom. The lowest BCUT2D eigenvalue weighted by Crippen LogP contribution is -2.30. The highest BCUT2D eigenvalue weighted by molar-refractivity contribution is 5.71. The van der Waals surface area contributed by atoms with Crippen LogP contribution in [0.15, 0.2) is 72.9 Å². The Balaban J connectivity index is 4.45. The molecule has 0 aliphatic rings. The van der Waals surface area contributed by atoms with E-state index in [0.29, 0.717) is 19.3 Å². The Bertz CT molecular complexity index is 1260. The van der Waals surface area contributed by atoms with Crippen LogP contribution in [0.1, 0.15) is 278 Å². The molecular formula is C61H106O6. The topological polar surface area (TPSA) is 78.9 Å². The standard InChI is InChI=1S/C61H106O6/c1-4-7-10-13-16-19-22-25-28-30-31-34-36-39-42-45-48-51-54-60(63)66-57-58(56-65-59(62)53-50-47-44-41-38-35-32-27-24-21-18-15-12-9-6-3)67-61(64)55-52-49-46-43-40-37-33-29-26-23-20-17-14-11-8-5-2/h8,11,17,20-21,24,26,29,37,40,46,49,58H,4-7,9-10,12-16,18-19,22-23,25,27-28,30-36,38-39,41-45,47-48,50-57H2,1-3H3/b11-8-,20-17-,24-21-,29-26-,40-37-,49-46-. The van der Waals surface area contributed by atoms with Crippen LogP contribution >= 0.6 is 0 Å². The van der Waals surface area contributed by atoms with Crippen molar-refractivity contribution in [3.63, 3.8) is 0 Å². The molecule has 0 aromatic rings. The van der Waals surface area contributed by atoms with Gasteiger partial charge in [0.25, 0.3) is 0 Å². The van der Waals surface area contributed by atoms with Gasteiger partial charge in [-0.3, -0.25) is 14.4 Å². The molecule has 0 rings (SSSR count). The molecule has 0 N–H and O–H groups in total. The molecule has 0 saturated carbocycles. The summed E-state index contributed by atoms with van der Waals surface area (Å²) in [6.07, 6.45) is 70.5. The lowest BCUT2D eigenvalue weighted by molar-refractivity contribution is -0.166. The van der Waals surface area contributed by atoms with E-state index in [1.807, 2.05) is 6.08 Å². The SMILES string of the molecule is CC/C=C\C/C=C\C/C=C\C/C=C\C/C=C\CCC(=O)OC(COC(=O)CCCCCCCCC/C=C\CCCCCC)COC(=O)CCCCCCCCCCCCCCCCCCCC. The number of carbonyl (C=O) groups excluding carboxylic acids is 3. The summed E-state index contributed by atoms with van der Waals surface area (Å²) in [4.78, 5) is 38.1. The summed E-state index contributed by atoms with van der Waals surface area (Å²) in [6, 6.07) is 0. The minimum atomic E-state index is -0.815. The molecular weight excluding hydrogens is 829 g/mol. The summed E-state index contributed by atoms with van der Waals surface area (Å²) in [5, 5.41) is 0. The van der Waals surface area contributed by atoms with Gasteiger partial charge in [-0.25, -0.2) is 0 Å². The van der Waals surface area contributed by atoms with Gasteiger partial charge in [-0.15, -0.1) is 0 Å². The van der Waals surface area contributed by atoms with Gasteiger partial charge in [0.05, 0.1) is 0 Å². The first-order valence-corrected chi connectivity index (χ1v) is 28.4. The lowest BCUT2D eigenvalue weighted by atomic mass is 10.0. The zero-order chi connectivity index (χ0) is 48.6. The summed E-state index contributed by atoms with van der Waals surface area (Å²) < 4.78 is 16.8. The van der Waals surface area contributed by atoms with E-state index in [0.717, 1.165) is 70.6 Å². The second-order valence-electron chi connectivity index (χ2n) is 18.8. The van der Waals surface area contributed by atoms with Crippen LogP contribution in [0.4, 0.5) is 0 Å². The molecule has 0 fully saturated rings. The molecule has 0 aromatic heterocycles. The van der Waals surface area contributed by atoms with E-state index in [1.165, 1.54) is 161 Å². The van der Waals surface area contributed by atoms with Crippen molar-refractivity contribution >= 4 is 17.9 Å². The van der Waals surface area contributed by atoms with Gasteiger partial charge in [0.15, 0.2) is 6.10 Å². The fraction of sp³-hybridized carbons (Fsp3) is 0.754. The molecule has 67 heavy (non-hydrogen) atoms. The molecule has 6 nitrogen and oxygen atoms in total. The Labute approximate surface area is 414 Å². The van der Waals surface area contributed by atoms with Gasteiger partial charge in [-0.05, 0) is 77.0 Å². The average Bonchev–Trinajstić information content (AvgIpc) is 3.33. The van der Waals surface area contributed by atoms with E-state index >= 15 is 0 Å². The third-order valence-corrected chi connectivity index (χ3v) is 12.2. The molecule has 0 spiro atoms. The van der Waals surface area contributed by atoms with Crippen LogP contribution in [0, 0.1) is 0 Å². The van der Waals surface area contributed by atoms with Crippen LogP contribution in [0.3, 0.4) is 0 Å². The molecule has 1 atom stereocenters. The summed E-state index contributed by atoms with van der Waals surface area (Å²) in [5.41, 5.74) is 0. The third kappa shape index (κ3) is 53.7. The molecule has 0 saturated heterocycles. The van der Waals surface area contributed by atoms with E-state index in [2.05, 4.69) is 87.6 Å². The van der Waals surface area contributed by atoms with Crippen LogP contribution in [0.2, 0.25) is 0 Å². The first-order chi connectivity index (χ1) is 33.0. The molecule has 6 heteroatoms. The van der Waals surface area contributed by atoms with Crippen LogP contribution < -0.4 is 0 Å². The zero-order valence-corrected chi connectivity index (χ0v) is 44.2. The van der Waals surface area contributed by atoms with Gasteiger partial charge in [0.1, 0.15) is 13.2 Å². The largest absolute Gasteiger partial charge is 0.462 e. The van der Waals surface area contributed by atoms with E-state index < -0.39 is 6.10 Å². The van der Waals surface area contributed by atoms with Gasteiger partial charge in [-0.1, -0.05) is 254 Å². The molecule has 0 aliphatic carbocycles. The lowest BCUT2D eigenvalue weighted by Gasteiger charge is -2.18. The first kappa shape index (κ1) is 63.8. The molecule has 0 aliphatic heterocycles. The van der Waals surface area contributed by atoms with Crippen molar-refractivity contribution in [3.05, 3.63) is 72.9 Å². The average molecular weight is 936 g/mol. The highest BCUT2D eigenvalue weighted by Gasteiger charge is 2.19. The second-order valence-corrected chi connectivity index (χ2v) is 18.8. The minimum absolute atomic E-state index is 0.104. The van der Waals surface area contributed by atoms with Crippen molar-refractivity contribution in [2.24, 2.45) is 0 Å². The molecule has 386 valence electrons. The molecule has 0 amide bonds. The normalized spacial score (nSPS) is 12.6. The predicted molar refractivity (Wildman–Crippen MR) is 288 cm³/mol. The number of rotatable bonds is 51. The van der Waals surface area contributed by atoms with Gasteiger partial charge >= 0.3 is 17.9 Å². The first-order valence-electron chi connectivity index (χ1n) is 28.4. The molecule has 0 aromatic carbocycles. The fourth-order valence-electron chi connectivity index (χ4n) is 7.96. The van der Waals surface area contributed by atoms with E-state index in [-0.39, 0.29) is 37.5 Å². The maximum Gasteiger partial charge on any atom is 0.306 e. The van der Waals surface area contributed by atoms with Crippen LogP contribution in [0.25, 0.3) is 0 Å². The highest BCUT2D eigenvalue weighted by Crippen LogP contribution is 2.16. The third-order valence-electron chi connectivity index (χ3n) is 12.2. The molecule has 0 bridgehead atoms. The van der Waals surface area contributed by atoms with Crippen LogP contribution in [0.5, 0.6) is 0 Å². The summed E-state index contributed by atoms with van der Waals surface area (Å²) in [6.45, 7) is 6.47. The summed E-state index contributed by atoms with van der Waals surface area (Å²) in [5.74, 6) is -0.983. The van der Waals surface area contributed by atoms with Gasteiger partial charge in [0.2, 0.25) is 0 Å². The van der Waals surface area contributed by atoms with E-state index in [4.69, 9.17) is 14.2 Å². The number of esters is 3. The zero-order valence-electron chi connectivity index (χ0n) is 44.2. The number of allylic oxidation sites excluding steroid dienone is 12.